The molecule has 1 aliphatic heterocycles. The number of nitrogens with one attached hydrogen (secondary N) is 1. The topological polar surface area (TPSA) is 57.6 Å². The number of aliphatic imine (C=N–C) groups is 1. The Morgan fingerprint density at radius 3 is 2.57 bits per heavy atom. The van der Waals surface area contributed by atoms with E-state index in [1.54, 1.807) is 18.4 Å². The number of urea groups is 1. The van der Waals surface area contributed by atoms with Gasteiger partial charge in [-0.3, -0.25) is 10.3 Å². The summed E-state index contributed by atoms with van der Waals surface area (Å²) in [6.07, 6.45) is 3.51. The highest BCUT2D eigenvalue weighted by molar-refractivity contribution is 8.13. The number of halogens is 3. The van der Waals surface area contributed by atoms with Crippen molar-refractivity contribution < 1.29 is 13.6 Å². The standard InChI is InChI=1S/C19H19ClF2N4OS/c1-28-17(24-14-6-4-13(21)5-7-14)25-18(27)26-11-8-19(22,9-12-26)16-15(20)3-2-10-23-16/h2-7,10H,8-9,11-12H2,1H3,(H,24,25,27). The molecule has 2 aromatic rings. The number of piperidine rings is 1. The summed E-state index contributed by atoms with van der Waals surface area (Å²) in [5, 5.41) is 3.39. The van der Waals surface area contributed by atoms with Crippen LogP contribution in [0.3, 0.4) is 0 Å². The number of likely N-dealkylation sites (tertiary alicyclic amines) is 1. The first kappa shape index (κ1) is 20.5. The van der Waals surface area contributed by atoms with Gasteiger partial charge in [-0.2, -0.15) is 0 Å². The van der Waals surface area contributed by atoms with Crippen LogP contribution in [0, 0.1) is 5.82 Å². The van der Waals surface area contributed by atoms with Crippen LogP contribution in [0.5, 0.6) is 0 Å². The number of carbonyl (C=O) groups is 1. The molecule has 0 aliphatic carbocycles. The van der Waals surface area contributed by atoms with Crippen LogP contribution < -0.4 is 5.32 Å². The highest BCUT2D eigenvalue weighted by Crippen LogP contribution is 2.39. The third-order valence-corrected chi connectivity index (χ3v) is 5.38. The fraction of sp³-hybridized carbons (Fsp3) is 0.316. The van der Waals surface area contributed by atoms with Crippen LogP contribution in [-0.2, 0) is 5.67 Å². The predicted molar refractivity (Wildman–Crippen MR) is 108 cm³/mol. The molecule has 0 unspecified atom stereocenters. The van der Waals surface area contributed by atoms with Crippen molar-refractivity contribution in [2.45, 2.75) is 18.5 Å². The van der Waals surface area contributed by atoms with E-state index in [-0.39, 0.29) is 43.5 Å². The maximum absolute atomic E-state index is 15.3. The number of benzene rings is 1. The fourth-order valence-electron chi connectivity index (χ4n) is 2.94. The molecule has 28 heavy (non-hydrogen) atoms. The molecule has 1 N–H and O–H groups in total. The van der Waals surface area contributed by atoms with Crippen LogP contribution in [0.4, 0.5) is 19.3 Å². The molecule has 0 atom stereocenters. The first-order chi connectivity index (χ1) is 13.4. The lowest BCUT2D eigenvalue weighted by Gasteiger charge is -2.36. The van der Waals surface area contributed by atoms with Crippen molar-refractivity contribution in [1.29, 1.82) is 0 Å². The molecule has 0 saturated carbocycles. The Morgan fingerprint density at radius 2 is 1.96 bits per heavy atom. The molecular weight excluding hydrogens is 406 g/mol. The van der Waals surface area contributed by atoms with Crippen LogP contribution in [0.25, 0.3) is 0 Å². The minimum atomic E-state index is -1.65. The monoisotopic (exact) mass is 424 g/mol. The van der Waals surface area contributed by atoms with E-state index in [1.807, 2.05) is 0 Å². The molecule has 9 heteroatoms. The number of pyridine rings is 1. The quantitative estimate of drug-likeness (QED) is 0.551. The van der Waals surface area contributed by atoms with Gasteiger partial charge in [-0.1, -0.05) is 23.4 Å². The summed E-state index contributed by atoms with van der Waals surface area (Å²) >= 11 is 7.34. The van der Waals surface area contributed by atoms with Gasteiger partial charge in [0.05, 0.1) is 16.4 Å². The van der Waals surface area contributed by atoms with Gasteiger partial charge < -0.3 is 4.90 Å². The summed E-state index contributed by atoms with van der Waals surface area (Å²) in [5.74, 6) is -0.357. The first-order valence-corrected chi connectivity index (χ1v) is 10.3. The van der Waals surface area contributed by atoms with E-state index >= 15 is 4.39 Å². The van der Waals surface area contributed by atoms with Crippen molar-refractivity contribution in [3.8, 4) is 0 Å². The van der Waals surface area contributed by atoms with Gasteiger partial charge in [0.1, 0.15) is 5.82 Å². The lowest BCUT2D eigenvalue weighted by Crippen LogP contribution is -2.48. The lowest BCUT2D eigenvalue weighted by atomic mass is 9.89. The second-order valence-corrected chi connectivity index (χ2v) is 7.52. The second-order valence-electron chi connectivity index (χ2n) is 6.31. The third-order valence-electron chi connectivity index (χ3n) is 4.49. The molecule has 1 aliphatic rings. The number of rotatable bonds is 2. The number of amidine groups is 1. The third kappa shape index (κ3) is 4.80. The van der Waals surface area contributed by atoms with E-state index in [0.717, 1.165) is 0 Å². The van der Waals surface area contributed by atoms with Crippen LogP contribution in [0.15, 0.2) is 47.6 Å². The normalized spacial score (nSPS) is 16.7. The van der Waals surface area contributed by atoms with E-state index in [0.29, 0.717) is 15.9 Å². The molecule has 1 aromatic carbocycles. The minimum Gasteiger partial charge on any atom is -0.324 e. The van der Waals surface area contributed by atoms with E-state index in [9.17, 15) is 9.18 Å². The van der Waals surface area contributed by atoms with Crippen molar-refractivity contribution in [3.63, 3.8) is 0 Å². The predicted octanol–water partition coefficient (Wildman–Crippen LogP) is 4.90. The lowest BCUT2D eigenvalue weighted by molar-refractivity contribution is 0.0665. The van der Waals surface area contributed by atoms with E-state index < -0.39 is 5.67 Å². The van der Waals surface area contributed by atoms with Gasteiger partial charge in [0.2, 0.25) is 0 Å². The molecule has 1 aromatic heterocycles. The molecule has 1 fully saturated rings. The molecule has 0 bridgehead atoms. The summed E-state index contributed by atoms with van der Waals surface area (Å²) in [6.45, 7) is 0.459. The van der Waals surface area contributed by atoms with Crippen molar-refractivity contribution >= 4 is 40.2 Å². The summed E-state index contributed by atoms with van der Waals surface area (Å²) in [6, 6.07) is 8.55. The maximum Gasteiger partial charge on any atom is 0.323 e. The number of carbonyl (C=O) groups excluding carboxylic acids is 1. The largest absolute Gasteiger partial charge is 0.324 e. The maximum atomic E-state index is 15.3. The van der Waals surface area contributed by atoms with Gasteiger partial charge in [-0.25, -0.2) is 18.6 Å². The van der Waals surface area contributed by atoms with Crippen molar-refractivity contribution in [2.75, 3.05) is 19.3 Å². The number of alkyl halides is 1. The van der Waals surface area contributed by atoms with E-state index in [1.165, 1.54) is 47.1 Å². The zero-order chi connectivity index (χ0) is 20.1. The fourth-order valence-corrected chi connectivity index (χ4v) is 3.62. The second kappa shape index (κ2) is 8.87. The number of aromatic nitrogens is 1. The van der Waals surface area contributed by atoms with Gasteiger partial charge in [0, 0.05) is 32.1 Å². The van der Waals surface area contributed by atoms with Gasteiger partial charge in [-0.05, 0) is 42.7 Å². The molecule has 0 radical (unpaired) electrons. The highest BCUT2D eigenvalue weighted by atomic mass is 35.5. The average Bonchev–Trinajstić information content (AvgIpc) is 2.69. The molecule has 5 nitrogen and oxygen atoms in total. The molecule has 0 spiro atoms. The first-order valence-electron chi connectivity index (χ1n) is 8.65. The summed E-state index contributed by atoms with van der Waals surface area (Å²) in [7, 11) is 0. The number of thioether (sulfide) groups is 1. The summed E-state index contributed by atoms with van der Waals surface area (Å²) in [4.78, 5) is 22.4. The average molecular weight is 425 g/mol. The van der Waals surface area contributed by atoms with Crippen molar-refractivity contribution in [1.82, 2.24) is 15.2 Å². The van der Waals surface area contributed by atoms with Gasteiger partial charge >= 0.3 is 6.03 Å². The van der Waals surface area contributed by atoms with Gasteiger partial charge in [-0.15, -0.1) is 0 Å². The Balaban J connectivity index is 1.63. The summed E-state index contributed by atoms with van der Waals surface area (Å²) < 4.78 is 28.3. The molecule has 2 amide bonds. The number of hydrogen-bond donors (Lipinski definition) is 1. The number of amides is 2. The highest BCUT2D eigenvalue weighted by Gasteiger charge is 2.40. The zero-order valence-corrected chi connectivity index (χ0v) is 16.7. The van der Waals surface area contributed by atoms with Crippen LogP contribution in [0.1, 0.15) is 18.5 Å². The molecule has 2 heterocycles. The van der Waals surface area contributed by atoms with E-state index in [4.69, 9.17) is 11.6 Å². The minimum absolute atomic E-state index is 0.112. The Bertz CT molecular complexity index is 870. The Labute approximate surface area is 171 Å². The molecule has 148 valence electrons. The Kier molecular flexibility index (Phi) is 6.51. The zero-order valence-electron chi connectivity index (χ0n) is 15.2. The van der Waals surface area contributed by atoms with Crippen molar-refractivity contribution in [3.05, 3.63) is 59.1 Å². The van der Waals surface area contributed by atoms with Crippen LogP contribution >= 0.6 is 23.4 Å². The molecule has 3 rings (SSSR count). The van der Waals surface area contributed by atoms with Gasteiger partial charge in [0.15, 0.2) is 10.8 Å². The Morgan fingerprint density at radius 1 is 1.29 bits per heavy atom. The Hall–Kier alpha value is -2.19. The smallest absolute Gasteiger partial charge is 0.323 e. The number of hydrogen-bond acceptors (Lipinski definition) is 4. The van der Waals surface area contributed by atoms with Crippen LogP contribution in [-0.4, -0.2) is 40.4 Å². The van der Waals surface area contributed by atoms with Crippen molar-refractivity contribution in [2.24, 2.45) is 4.99 Å². The number of nitrogens with zero attached hydrogens (tertiary/aromatic N) is 3. The van der Waals surface area contributed by atoms with Gasteiger partial charge in [0.25, 0.3) is 0 Å². The van der Waals surface area contributed by atoms with Crippen LogP contribution in [0.2, 0.25) is 5.02 Å². The summed E-state index contributed by atoms with van der Waals surface area (Å²) in [5.41, 5.74) is -0.906. The molecule has 1 saturated heterocycles. The van der Waals surface area contributed by atoms with E-state index in [2.05, 4.69) is 15.3 Å². The molecular formula is C19H19ClF2N4OS. The SMILES string of the molecule is CS/C(=N\c1ccc(F)cc1)NC(=O)N1CCC(F)(c2ncccc2Cl)CC1.